The number of fused-ring (bicyclic) bond motifs is 1. The maximum atomic E-state index is 12.8. The summed E-state index contributed by atoms with van der Waals surface area (Å²) in [6, 6.07) is 16.2. The van der Waals surface area contributed by atoms with E-state index in [0.29, 0.717) is 13.1 Å². The van der Waals surface area contributed by atoms with Crippen LogP contribution >= 0.6 is 0 Å². The van der Waals surface area contributed by atoms with Crippen molar-refractivity contribution in [2.45, 2.75) is 32.6 Å². The lowest BCUT2D eigenvalue weighted by molar-refractivity contribution is -0.113. The Kier molecular flexibility index (Phi) is 6.66. The quantitative estimate of drug-likeness (QED) is 0.536. The number of nitrogens with two attached hydrogens (primary N) is 1. The minimum atomic E-state index is 0.0568. The average Bonchev–Trinajstić information content (AvgIpc) is 2.96. The van der Waals surface area contributed by atoms with Gasteiger partial charge in [-0.25, -0.2) is 0 Å². The minimum Gasteiger partial charge on any atom is -0.494 e. The summed E-state index contributed by atoms with van der Waals surface area (Å²) in [5.74, 6) is 0.976. The zero-order chi connectivity index (χ0) is 19.1. The van der Waals surface area contributed by atoms with Crippen molar-refractivity contribution in [3.05, 3.63) is 65.7 Å². The smallest absolute Gasteiger partial charge is 0.258 e. The molecule has 0 spiro atoms. The van der Waals surface area contributed by atoms with Crippen LogP contribution in [-0.2, 0) is 11.2 Å². The van der Waals surface area contributed by atoms with Crippen molar-refractivity contribution in [1.82, 2.24) is 0 Å². The van der Waals surface area contributed by atoms with Crippen LogP contribution in [0.4, 0.5) is 5.69 Å². The molecule has 0 bridgehead atoms. The fourth-order valence-corrected chi connectivity index (χ4v) is 3.33. The van der Waals surface area contributed by atoms with Gasteiger partial charge in [0.2, 0.25) is 0 Å². The molecule has 0 atom stereocenters. The van der Waals surface area contributed by atoms with Crippen molar-refractivity contribution in [1.29, 1.82) is 0 Å². The number of rotatable bonds is 9. The third-order valence-corrected chi connectivity index (χ3v) is 4.78. The molecular formula is C23H28N2O2. The molecule has 1 heterocycles. The minimum absolute atomic E-state index is 0.0568. The van der Waals surface area contributed by atoms with E-state index in [-0.39, 0.29) is 5.91 Å². The maximum Gasteiger partial charge on any atom is 0.258 e. The molecule has 0 aliphatic carbocycles. The lowest BCUT2D eigenvalue weighted by atomic mass is 10.0. The Bertz CT molecular complexity index is 796. The molecule has 0 radical (unpaired) electrons. The molecule has 2 aromatic rings. The van der Waals surface area contributed by atoms with Crippen LogP contribution in [0.25, 0.3) is 5.57 Å². The van der Waals surface area contributed by atoms with Gasteiger partial charge < -0.3 is 15.4 Å². The number of allylic oxidation sites excluding steroid dienone is 1. The molecule has 27 heavy (non-hydrogen) atoms. The molecule has 0 unspecified atom stereocenters. The summed E-state index contributed by atoms with van der Waals surface area (Å²) in [5.41, 5.74) is 9.68. The van der Waals surface area contributed by atoms with Gasteiger partial charge in [-0.1, -0.05) is 49.8 Å². The van der Waals surface area contributed by atoms with Crippen LogP contribution < -0.4 is 15.4 Å². The van der Waals surface area contributed by atoms with Crippen LogP contribution in [0, 0.1) is 0 Å². The van der Waals surface area contributed by atoms with E-state index in [1.54, 1.807) is 4.90 Å². The molecule has 3 rings (SSSR count). The van der Waals surface area contributed by atoms with E-state index >= 15 is 0 Å². The molecule has 2 aromatic carbocycles. The fourth-order valence-electron chi connectivity index (χ4n) is 3.33. The summed E-state index contributed by atoms with van der Waals surface area (Å²) in [7, 11) is 0. The highest BCUT2D eigenvalue weighted by Gasteiger charge is 2.30. The monoisotopic (exact) mass is 364 g/mol. The number of carbonyl (C=O) groups excluding carboxylic acids is 1. The van der Waals surface area contributed by atoms with E-state index in [1.807, 2.05) is 36.4 Å². The van der Waals surface area contributed by atoms with Gasteiger partial charge in [0.15, 0.2) is 0 Å². The van der Waals surface area contributed by atoms with E-state index in [2.05, 4.69) is 25.1 Å². The molecule has 1 aliphatic rings. The molecular weight excluding hydrogens is 336 g/mol. The van der Waals surface area contributed by atoms with Gasteiger partial charge in [-0.05, 0) is 43.0 Å². The number of aryl methyl sites for hydroxylation is 1. The fraction of sp³-hybridized carbons (Fsp3) is 0.348. The first-order chi connectivity index (χ1) is 13.2. The number of nitrogens with zero attached hydrogens (tertiary/aromatic N) is 1. The molecule has 1 amide bonds. The first-order valence-corrected chi connectivity index (χ1v) is 9.77. The Labute approximate surface area is 161 Å². The van der Waals surface area contributed by atoms with E-state index in [4.69, 9.17) is 10.5 Å². The highest BCUT2D eigenvalue weighted by Crippen LogP contribution is 2.36. The zero-order valence-electron chi connectivity index (χ0n) is 16.0. The Morgan fingerprint density at radius 1 is 1.11 bits per heavy atom. The SMILES string of the molecule is CCCCOc1ccc(CC/C=C2/C(=O)N(CCN)c3ccccc32)cc1. The molecule has 0 fully saturated rings. The van der Waals surface area contributed by atoms with Gasteiger partial charge in [-0.15, -0.1) is 0 Å². The van der Waals surface area contributed by atoms with Crippen LogP contribution in [-0.4, -0.2) is 25.6 Å². The van der Waals surface area contributed by atoms with Crippen LogP contribution in [0.15, 0.2) is 54.6 Å². The number of unbranched alkanes of at least 4 members (excludes halogenated alkanes) is 1. The molecule has 2 N–H and O–H groups in total. The predicted molar refractivity (Wildman–Crippen MR) is 111 cm³/mol. The number of anilines is 1. The lowest BCUT2D eigenvalue weighted by Gasteiger charge is -2.15. The number of ether oxygens (including phenoxy) is 1. The number of carbonyl (C=O) groups is 1. The molecule has 0 saturated heterocycles. The van der Waals surface area contributed by atoms with E-state index < -0.39 is 0 Å². The topological polar surface area (TPSA) is 55.6 Å². The first-order valence-electron chi connectivity index (χ1n) is 9.77. The molecule has 0 saturated carbocycles. The van der Waals surface area contributed by atoms with Crippen LogP contribution in [0.3, 0.4) is 0 Å². The number of hydrogen-bond acceptors (Lipinski definition) is 3. The van der Waals surface area contributed by atoms with Gasteiger partial charge in [0.05, 0.1) is 12.3 Å². The summed E-state index contributed by atoms with van der Waals surface area (Å²) in [6.07, 6.45) is 5.99. The molecule has 4 heteroatoms. The number of hydrogen-bond donors (Lipinski definition) is 1. The van der Waals surface area contributed by atoms with Gasteiger partial charge in [-0.2, -0.15) is 0 Å². The summed E-state index contributed by atoms with van der Waals surface area (Å²) >= 11 is 0. The van der Waals surface area contributed by atoms with Crippen molar-refractivity contribution in [2.24, 2.45) is 5.73 Å². The Balaban J connectivity index is 1.63. The van der Waals surface area contributed by atoms with E-state index in [1.165, 1.54) is 5.56 Å². The Morgan fingerprint density at radius 2 is 1.89 bits per heavy atom. The van der Waals surface area contributed by atoms with Crippen molar-refractivity contribution in [2.75, 3.05) is 24.6 Å². The van der Waals surface area contributed by atoms with Crippen molar-refractivity contribution in [3.63, 3.8) is 0 Å². The average molecular weight is 364 g/mol. The van der Waals surface area contributed by atoms with Crippen LogP contribution in [0.5, 0.6) is 5.75 Å². The van der Waals surface area contributed by atoms with Crippen LogP contribution in [0.2, 0.25) is 0 Å². The Hall–Kier alpha value is -2.59. The number of para-hydroxylation sites is 1. The predicted octanol–water partition coefficient (Wildman–Crippen LogP) is 4.19. The third-order valence-electron chi connectivity index (χ3n) is 4.78. The second kappa shape index (κ2) is 9.38. The normalized spacial score (nSPS) is 14.7. The van der Waals surface area contributed by atoms with Crippen molar-refractivity contribution >= 4 is 17.2 Å². The standard InChI is InChI=1S/C23H28N2O2/c1-2-3-17-27-19-13-11-18(12-14-19)7-6-9-21-20-8-4-5-10-22(20)25(16-15-24)23(21)26/h4-5,8-14H,2-3,6-7,15-17,24H2,1H3/b21-9+. The highest BCUT2D eigenvalue weighted by molar-refractivity contribution is 6.32. The van der Waals surface area contributed by atoms with Crippen molar-refractivity contribution in [3.8, 4) is 5.75 Å². The first kappa shape index (κ1) is 19.2. The summed E-state index contributed by atoms with van der Waals surface area (Å²) in [5, 5.41) is 0. The molecule has 0 aromatic heterocycles. The van der Waals surface area contributed by atoms with Gasteiger partial charge in [0.25, 0.3) is 5.91 Å². The molecule has 1 aliphatic heterocycles. The second-order valence-corrected chi connectivity index (χ2v) is 6.77. The number of benzene rings is 2. The zero-order valence-corrected chi connectivity index (χ0v) is 16.0. The summed E-state index contributed by atoms with van der Waals surface area (Å²) in [4.78, 5) is 14.5. The number of amides is 1. The third kappa shape index (κ3) is 4.58. The highest BCUT2D eigenvalue weighted by atomic mass is 16.5. The summed E-state index contributed by atoms with van der Waals surface area (Å²) in [6.45, 7) is 3.93. The largest absolute Gasteiger partial charge is 0.494 e. The van der Waals surface area contributed by atoms with Gasteiger partial charge in [-0.3, -0.25) is 4.79 Å². The van der Waals surface area contributed by atoms with E-state index in [0.717, 1.165) is 54.9 Å². The van der Waals surface area contributed by atoms with Crippen LogP contribution in [0.1, 0.15) is 37.3 Å². The molecule has 142 valence electrons. The van der Waals surface area contributed by atoms with Gasteiger partial charge in [0.1, 0.15) is 5.75 Å². The van der Waals surface area contributed by atoms with Gasteiger partial charge in [0, 0.05) is 24.2 Å². The summed E-state index contributed by atoms with van der Waals surface area (Å²) < 4.78 is 5.70. The van der Waals surface area contributed by atoms with Crippen molar-refractivity contribution < 1.29 is 9.53 Å². The second-order valence-electron chi connectivity index (χ2n) is 6.77. The maximum absolute atomic E-state index is 12.8. The van der Waals surface area contributed by atoms with E-state index in [9.17, 15) is 4.79 Å². The molecule has 4 nitrogen and oxygen atoms in total. The Morgan fingerprint density at radius 3 is 2.63 bits per heavy atom. The lowest BCUT2D eigenvalue weighted by Crippen LogP contribution is -2.31. The van der Waals surface area contributed by atoms with Gasteiger partial charge >= 0.3 is 0 Å².